The Morgan fingerprint density at radius 1 is 1.26 bits per heavy atom. The van der Waals surface area contributed by atoms with Crippen LogP contribution in [-0.2, 0) is 4.74 Å². The number of amides is 1. The van der Waals surface area contributed by atoms with Crippen LogP contribution in [0.3, 0.4) is 0 Å². The molecular formula is C19H21Br2NO4S. The Morgan fingerprint density at radius 3 is 2.52 bits per heavy atom. The van der Waals surface area contributed by atoms with Gasteiger partial charge in [-0.2, -0.15) is 0 Å². The lowest BCUT2D eigenvalue weighted by Crippen LogP contribution is -2.22. The maximum Gasteiger partial charge on any atom is 0.412 e. The summed E-state index contributed by atoms with van der Waals surface area (Å²) in [4.78, 5) is 13.5. The molecule has 0 unspecified atom stereocenters. The van der Waals surface area contributed by atoms with Crippen molar-refractivity contribution in [2.45, 2.75) is 24.3 Å². The standard InChI is InChI=1S/C19H21Br2NO4S/c1-11(7-8-23)18(15-9-12(20)10-16(21)17(15)24)26-19(25)22-13-3-5-14(27-2)6-4-13/h3-6,9-11,18,23-24H,7-8H2,1-2H3,(H,22,25)/t11-,18+/m0/s1. The number of hydrogen-bond donors (Lipinski definition) is 3. The number of carbonyl (C=O) groups excluding carboxylic acids is 1. The molecule has 0 aromatic heterocycles. The first-order valence-electron chi connectivity index (χ1n) is 8.26. The lowest BCUT2D eigenvalue weighted by molar-refractivity contribution is 0.0651. The van der Waals surface area contributed by atoms with E-state index in [-0.39, 0.29) is 18.3 Å². The predicted molar refractivity (Wildman–Crippen MR) is 115 cm³/mol. The molecule has 2 aromatic rings. The monoisotopic (exact) mass is 517 g/mol. The lowest BCUT2D eigenvalue weighted by atomic mass is 9.94. The molecule has 146 valence electrons. The van der Waals surface area contributed by atoms with E-state index in [1.165, 1.54) is 0 Å². The van der Waals surface area contributed by atoms with Gasteiger partial charge in [-0.3, -0.25) is 5.32 Å². The lowest BCUT2D eigenvalue weighted by Gasteiger charge is -2.25. The van der Waals surface area contributed by atoms with Crippen molar-refractivity contribution in [1.82, 2.24) is 0 Å². The van der Waals surface area contributed by atoms with Crippen molar-refractivity contribution in [2.24, 2.45) is 5.92 Å². The minimum Gasteiger partial charge on any atom is -0.506 e. The normalized spacial score (nSPS) is 13.1. The highest BCUT2D eigenvalue weighted by atomic mass is 79.9. The molecule has 0 saturated carbocycles. The maximum atomic E-state index is 12.4. The number of ether oxygens (including phenoxy) is 1. The SMILES string of the molecule is CSc1ccc(NC(=O)O[C@@H](c2cc(Br)cc(Br)c2O)[C@@H](C)CCO)cc1. The zero-order valence-corrected chi connectivity index (χ0v) is 18.9. The van der Waals surface area contributed by atoms with Crippen molar-refractivity contribution in [3.63, 3.8) is 0 Å². The zero-order valence-electron chi connectivity index (χ0n) is 14.9. The molecule has 2 rings (SSSR count). The number of aliphatic hydroxyl groups excluding tert-OH is 1. The Hall–Kier alpha value is -1.22. The Labute approximate surface area is 179 Å². The number of rotatable bonds is 7. The van der Waals surface area contributed by atoms with E-state index >= 15 is 0 Å². The Morgan fingerprint density at radius 2 is 1.93 bits per heavy atom. The molecular weight excluding hydrogens is 498 g/mol. The van der Waals surface area contributed by atoms with E-state index in [1.807, 2.05) is 25.3 Å². The van der Waals surface area contributed by atoms with Gasteiger partial charge in [-0.05, 0) is 70.9 Å². The van der Waals surface area contributed by atoms with Crippen LogP contribution in [0.15, 0.2) is 50.2 Å². The number of hydrogen-bond acceptors (Lipinski definition) is 5. The molecule has 0 heterocycles. The van der Waals surface area contributed by atoms with Crippen LogP contribution in [0.25, 0.3) is 0 Å². The van der Waals surface area contributed by atoms with Crippen molar-refractivity contribution in [3.05, 3.63) is 50.9 Å². The van der Waals surface area contributed by atoms with E-state index in [4.69, 9.17) is 4.74 Å². The number of aliphatic hydroxyl groups is 1. The van der Waals surface area contributed by atoms with Gasteiger partial charge in [-0.25, -0.2) is 4.79 Å². The van der Waals surface area contributed by atoms with Crippen LogP contribution in [0.1, 0.15) is 25.0 Å². The molecule has 3 N–H and O–H groups in total. The summed E-state index contributed by atoms with van der Waals surface area (Å²) in [6, 6.07) is 10.8. The van der Waals surface area contributed by atoms with Crippen LogP contribution in [0, 0.1) is 5.92 Å². The van der Waals surface area contributed by atoms with E-state index in [9.17, 15) is 15.0 Å². The fourth-order valence-electron chi connectivity index (χ4n) is 2.58. The largest absolute Gasteiger partial charge is 0.506 e. The highest BCUT2D eigenvalue weighted by molar-refractivity contribution is 9.11. The van der Waals surface area contributed by atoms with Gasteiger partial charge in [0, 0.05) is 27.2 Å². The first-order valence-corrected chi connectivity index (χ1v) is 11.1. The van der Waals surface area contributed by atoms with E-state index in [2.05, 4.69) is 37.2 Å². The first-order chi connectivity index (χ1) is 12.8. The molecule has 0 saturated heterocycles. The third kappa shape index (κ3) is 6.14. The summed E-state index contributed by atoms with van der Waals surface area (Å²) < 4.78 is 6.86. The zero-order chi connectivity index (χ0) is 20.0. The van der Waals surface area contributed by atoms with Gasteiger partial charge >= 0.3 is 6.09 Å². The van der Waals surface area contributed by atoms with E-state index in [0.29, 0.717) is 22.1 Å². The molecule has 0 spiro atoms. The average Bonchev–Trinajstić information content (AvgIpc) is 2.63. The molecule has 5 nitrogen and oxygen atoms in total. The minimum atomic E-state index is -0.726. The maximum absolute atomic E-state index is 12.4. The van der Waals surface area contributed by atoms with Crippen molar-refractivity contribution < 1.29 is 19.7 Å². The fourth-order valence-corrected chi connectivity index (χ4v) is 4.25. The first kappa shape index (κ1) is 22.1. The highest BCUT2D eigenvalue weighted by Gasteiger charge is 2.27. The Bertz CT molecular complexity index is 786. The molecule has 27 heavy (non-hydrogen) atoms. The quantitative estimate of drug-likeness (QED) is 0.395. The second-order valence-electron chi connectivity index (χ2n) is 5.99. The number of anilines is 1. The van der Waals surface area contributed by atoms with Crippen molar-refractivity contribution in [3.8, 4) is 5.75 Å². The average molecular weight is 519 g/mol. The van der Waals surface area contributed by atoms with Crippen LogP contribution >= 0.6 is 43.6 Å². The third-order valence-electron chi connectivity index (χ3n) is 4.04. The molecule has 0 aliphatic heterocycles. The molecule has 0 bridgehead atoms. The van der Waals surface area contributed by atoms with Gasteiger partial charge in [0.05, 0.1) is 4.47 Å². The van der Waals surface area contributed by atoms with E-state index in [1.54, 1.807) is 36.0 Å². The second kappa shape index (κ2) is 10.4. The molecule has 0 aliphatic carbocycles. The highest BCUT2D eigenvalue weighted by Crippen LogP contribution is 2.40. The Kier molecular flexibility index (Phi) is 8.47. The number of benzene rings is 2. The number of carbonyl (C=O) groups is 1. The molecule has 0 fully saturated rings. The predicted octanol–water partition coefficient (Wildman–Crippen LogP) is 5.95. The number of halogens is 2. The molecule has 0 radical (unpaired) electrons. The van der Waals surface area contributed by atoms with Gasteiger partial charge in [-0.1, -0.05) is 22.9 Å². The molecule has 8 heteroatoms. The molecule has 2 atom stereocenters. The van der Waals surface area contributed by atoms with Gasteiger partial charge in [-0.15, -0.1) is 11.8 Å². The molecule has 0 aliphatic rings. The minimum absolute atomic E-state index is 0.00473. The van der Waals surface area contributed by atoms with Gasteiger partial charge in [0.1, 0.15) is 11.9 Å². The van der Waals surface area contributed by atoms with E-state index in [0.717, 1.165) is 9.37 Å². The summed E-state index contributed by atoms with van der Waals surface area (Å²) in [5.41, 5.74) is 1.08. The summed E-state index contributed by atoms with van der Waals surface area (Å²) in [5.74, 6) is -0.197. The summed E-state index contributed by atoms with van der Waals surface area (Å²) in [6.07, 6.45) is 1.05. The van der Waals surface area contributed by atoms with Gasteiger partial charge in [0.2, 0.25) is 0 Å². The van der Waals surface area contributed by atoms with Gasteiger partial charge in [0.15, 0.2) is 0 Å². The second-order valence-corrected chi connectivity index (χ2v) is 8.64. The van der Waals surface area contributed by atoms with Crippen molar-refractivity contribution in [2.75, 3.05) is 18.2 Å². The van der Waals surface area contributed by atoms with Crippen LogP contribution in [-0.4, -0.2) is 29.2 Å². The number of nitrogens with one attached hydrogen (secondary N) is 1. The van der Waals surface area contributed by atoms with Gasteiger partial charge < -0.3 is 14.9 Å². The number of phenols is 1. The van der Waals surface area contributed by atoms with E-state index < -0.39 is 12.2 Å². The van der Waals surface area contributed by atoms with Crippen LogP contribution < -0.4 is 5.32 Å². The number of thioether (sulfide) groups is 1. The van der Waals surface area contributed by atoms with Crippen LogP contribution in [0.2, 0.25) is 0 Å². The molecule has 1 amide bonds. The summed E-state index contributed by atoms with van der Waals surface area (Å²) in [7, 11) is 0. The summed E-state index contributed by atoms with van der Waals surface area (Å²) >= 11 is 8.30. The number of aromatic hydroxyl groups is 1. The smallest absolute Gasteiger partial charge is 0.412 e. The fraction of sp³-hybridized carbons (Fsp3) is 0.316. The van der Waals surface area contributed by atoms with Gasteiger partial charge in [0.25, 0.3) is 0 Å². The molecule has 2 aromatic carbocycles. The van der Waals surface area contributed by atoms with Crippen molar-refractivity contribution >= 4 is 55.4 Å². The van der Waals surface area contributed by atoms with Crippen LogP contribution in [0.4, 0.5) is 10.5 Å². The topological polar surface area (TPSA) is 78.8 Å². The summed E-state index contributed by atoms with van der Waals surface area (Å²) in [5, 5.41) is 22.4. The third-order valence-corrected chi connectivity index (χ3v) is 5.84. The van der Waals surface area contributed by atoms with Crippen molar-refractivity contribution in [1.29, 1.82) is 0 Å². The number of phenolic OH excluding ortho intramolecular Hbond substituents is 1. The Balaban J connectivity index is 2.22. The summed E-state index contributed by atoms with van der Waals surface area (Å²) in [6.45, 7) is 1.81. The van der Waals surface area contributed by atoms with Crippen LogP contribution in [0.5, 0.6) is 5.75 Å².